The van der Waals surface area contributed by atoms with E-state index in [2.05, 4.69) is 28.5 Å². The highest BCUT2D eigenvalue weighted by Gasteiger charge is 2.32. The summed E-state index contributed by atoms with van der Waals surface area (Å²) in [5.41, 5.74) is 3.16. The Morgan fingerprint density at radius 2 is 1.59 bits per heavy atom. The summed E-state index contributed by atoms with van der Waals surface area (Å²) < 4.78 is 29.0. The second-order valence-corrected chi connectivity index (χ2v) is 14.6. The smallest absolute Gasteiger partial charge is 0.265 e. The third kappa shape index (κ3) is 7.95. The molecule has 264 valence electrons. The lowest BCUT2D eigenvalue weighted by atomic mass is 9.92. The molecule has 1 aliphatic heterocycles. The van der Waals surface area contributed by atoms with E-state index < -0.39 is 27.9 Å². The zero-order valence-corrected chi connectivity index (χ0v) is 29.8. The Bertz CT molecular complexity index is 2150. The van der Waals surface area contributed by atoms with Crippen LogP contribution >= 0.6 is 0 Å². The fourth-order valence-electron chi connectivity index (χ4n) is 6.46. The van der Waals surface area contributed by atoms with Crippen LogP contribution in [0, 0.1) is 0 Å². The molecular weight excluding hydrogens is 663 g/mol. The van der Waals surface area contributed by atoms with Gasteiger partial charge in [-0.05, 0) is 71.5 Å². The van der Waals surface area contributed by atoms with E-state index in [1.165, 1.54) is 24.3 Å². The highest BCUT2D eigenvalue weighted by Crippen LogP contribution is 2.31. The average molecular weight is 706 g/mol. The third-order valence-electron chi connectivity index (χ3n) is 9.36. The van der Waals surface area contributed by atoms with Crippen LogP contribution in [0.5, 0.6) is 0 Å². The van der Waals surface area contributed by atoms with Crippen molar-refractivity contribution >= 4 is 38.6 Å². The zero-order chi connectivity index (χ0) is 36.0. The minimum absolute atomic E-state index is 0.00813. The van der Waals surface area contributed by atoms with Gasteiger partial charge in [-0.1, -0.05) is 87.4 Å². The zero-order valence-electron chi connectivity index (χ0n) is 29.0. The summed E-state index contributed by atoms with van der Waals surface area (Å²) in [6, 6.07) is 25.6. The molecule has 51 heavy (non-hydrogen) atoms. The van der Waals surface area contributed by atoms with E-state index in [1.54, 1.807) is 35.4 Å². The number of hydrogen-bond donors (Lipinski definition) is 2. The largest absolute Gasteiger partial charge is 0.394 e. The molecule has 0 fully saturated rings. The number of aliphatic hydroxyl groups is 1. The van der Waals surface area contributed by atoms with Gasteiger partial charge in [0, 0.05) is 42.5 Å². The molecule has 0 radical (unpaired) electrons. The van der Waals surface area contributed by atoms with Gasteiger partial charge in [-0.15, -0.1) is 0 Å². The van der Waals surface area contributed by atoms with Crippen LogP contribution in [0.2, 0.25) is 0 Å². The van der Waals surface area contributed by atoms with Crippen molar-refractivity contribution in [2.24, 2.45) is 0 Å². The summed E-state index contributed by atoms with van der Waals surface area (Å²) >= 11 is 0. The van der Waals surface area contributed by atoms with Gasteiger partial charge in [0.25, 0.3) is 21.8 Å². The van der Waals surface area contributed by atoms with E-state index in [1.807, 2.05) is 42.5 Å². The van der Waals surface area contributed by atoms with Crippen molar-refractivity contribution in [3.8, 4) is 11.3 Å². The van der Waals surface area contributed by atoms with Crippen LogP contribution in [0.15, 0.2) is 102 Å². The number of carbonyl (C=O) groups is 2. The second kappa shape index (κ2) is 15.8. The van der Waals surface area contributed by atoms with Gasteiger partial charge in [0.05, 0.1) is 23.2 Å². The molecule has 0 saturated carbocycles. The Hall–Kier alpha value is -5.13. The fourth-order valence-corrected chi connectivity index (χ4v) is 7.47. The van der Waals surface area contributed by atoms with Crippen LogP contribution in [0.1, 0.15) is 71.4 Å². The number of rotatable bonds is 13. The van der Waals surface area contributed by atoms with Crippen molar-refractivity contribution < 1.29 is 23.1 Å². The fraction of sp³-hybridized carbons (Fsp3) is 0.300. The Kier molecular flexibility index (Phi) is 11.1. The molecule has 10 nitrogen and oxygen atoms in total. The minimum Gasteiger partial charge on any atom is -0.394 e. The van der Waals surface area contributed by atoms with Crippen molar-refractivity contribution in [2.45, 2.75) is 63.4 Å². The number of amides is 2. The number of aliphatic hydroxyl groups excluding tert-OH is 1. The molecule has 2 N–H and O–H groups in total. The standard InChI is InChI=1S/C40H43N5O5S/c1-3-5-21-44(22-6-4-2)40-41-20-19-37(42-40)35-18-16-31(38(47)43-51(49,50)34-17-15-28-11-7-8-13-30(28)24-34)25-36(35)39(48)45-26-32-14-10-9-12-29(32)23-33(45)27-46/h7-20,24-25,33,46H,3-6,21-23,26-27H2,1-2H3,(H,43,47)/t33-/m0/s1. The van der Waals surface area contributed by atoms with Gasteiger partial charge in [0.1, 0.15) is 0 Å². The van der Waals surface area contributed by atoms with Crippen LogP contribution in [0.3, 0.4) is 0 Å². The molecule has 0 bridgehead atoms. The van der Waals surface area contributed by atoms with Gasteiger partial charge in [0.15, 0.2) is 0 Å². The first-order valence-electron chi connectivity index (χ1n) is 17.5. The Balaban J connectivity index is 1.39. The van der Waals surface area contributed by atoms with E-state index in [0.717, 1.165) is 60.7 Å². The van der Waals surface area contributed by atoms with E-state index in [9.17, 15) is 23.1 Å². The molecule has 1 aromatic heterocycles. The third-order valence-corrected chi connectivity index (χ3v) is 10.7. The maximum atomic E-state index is 14.6. The Labute approximate surface area is 299 Å². The molecule has 5 aromatic rings. The summed E-state index contributed by atoms with van der Waals surface area (Å²) in [5.74, 6) is -0.726. The first-order valence-corrected chi connectivity index (χ1v) is 19.0. The van der Waals surface area contributed by atoms with Crippen molar-refractivity contribution in [2.75, 3.05) is 24.6 Å². The predicted molar refractivity (Wildman–Crippen MR) is 199 cm³/mol. The normalized spacial score (nSPS) is 14.3. The van der Waals surface area contributed by atoms with Crippen LogP contribution in [-0.4, -0.2) is 65.9 Å². The SMILES string of the molecule is CCCCN(CCCC)c1nccc(-c2ccc(C(=O)NS(=O)(=O)c3ccc4ccccc4c3)cc2C(=O)N2Cc3ccccc3C[C@H]2CO)n1. The number of anilines is 1. The second-order valence-electron chi connectivity index (χ2n) is 12.9. The van der Waals surface area contributed by atoms with Gasteiger partial charge in [-0.25, -0.2) is 23.1 Å². The summed E-state index contributed by atoms with van der Waals surface area (Å²) in [5, 5.41) is 12.0. The lowest BCUT2D eigenvalue weighted by Gasteiger charge is -2.36. The van der Waals surface area contributed by atoms with Crippen LogP contribution < -0.4 is 9.62 Å². The van der Waals surface area contributed by atoms with Gasteiger partial charge in [-0.2, -0.15) is 0 Å². The summed E-state index contributed by atoms with van der Waals surface area (Å²) in [4.78, 5) is 41.4. The number of benzene rings is 4. The average Bonchev–Trinajstić information content (AvgIpc) is 3.16. The maximum Gasteiger partial charge on any atom is 0.265 e. The lowest BCUT2D eigenvalue weighted by Crippen LogP contribution is -2.46. The molecule has 0 spiro atoms. The van der Waals surface area contributed by atoms with Crippen LogP contribution in [-0.2, 0) is 23.0 Å². The molecule has 2 heterocycles. The number of aromatic nitrogens is 2. The van der Waals surface area contributed by atoms with Crippen molar-refractivity contribution in [3.63, 3.8) is 0 Å². The number of fused-ring (bicyclic) bond motifs is 2. The quantitative estimate of drug-likeness (QED) is 0.144. The highest BCUT2D eigenvalue weighted by molar-refractivity contribution is 7.90. The van der Waals surface area contributed by atoms with Gasteiger partial charge in [-0.3, -0.25) is 9.59 Å². The van der Waals surface area contributed by atoms with Gasteiger partial charge < -0.3 is 14.9 Å². The number of unbranched alkanes of at least 4 members (excludes halogenated alkanes) is 2. The number of carbonyl (C=O) groups excluding carboxylic acids is 2. The molecule has 1 atom stereocenters. The minimum atomic E-state index is -4.25. The molecule has 11 heteroatoms. The molecule has 0 saturated heterocycles. The molecule has 4 aromatic carbocycles. The topological polar surface area (TPSA) is 133 Å². The maximum absolute atomic E-state index is 14.6. The number of hydrogen-bond acceptors (Lipinski definition) is 8. The van der Waals surface area contributed by atoms with Gasteiger partial charge in [0.2, 0.25) is 5.95 Å². The molecular formula is C40H43N5O5S. The van der Waals surface area contributed by atoms with Crippen molar-refractivity contribution in [1.29, 1.82) is 0 Å². The molecule has 0 aliphatic carbocycles. The molecule has 0 unspecified atom stereocenters. The van der Waals surface area contributed by atoms with Crippen molar-refractivity contribution in [3.05, 3.63) is 119 Å². The molecule has 1 aliphatic rings. The molecule has 6 rings (SSSR count). The Morgan fingerprint density at radius 1 is 0.882 bits per heavy atom. The number of sulfonamides is 1. The first-order chi connectivity index (χ1) is 24.7. The van der Waals surface area contributed by atoms with E-state index in [-0.39, 0.29) is 29.2 Å². The van der Waals surface area contributed by atoms with E-state index in [4.69, 9.17) is 4.98 Å². The summed E-state index contributed by atoms with van der Waals surface area (Å²) in [6.45, 7) is 5.88. The van der Waals surface area contributed by atoms with Crippen molar-refractivity contribution in [1.82, 2.24) is 19.6 Å². The van der Waals surface area contributed by atoms with Crippen LogP contribution in [0.25, 0.3) is 22.0 Å². The summed E-state index contributed by atoms with van der Waals surface area (Å²) in [6.07, 6.45) is 6.14. The van der Waals surface area contributed by atoms with E-state index >= 15 is 0 Å². The highest BCUT2D eigenvalue weighted by atomic mass is 32.2. The predicted octanol–water partition coefficient (Wildman–Crippen LogP) is 6.38. The lowest BCUT2D eigenvalue weighted by molar-refractivity contribution is 0.0545. The monoisotopic (exact) mass is 705 g/mol. The number of nitrogens with one attached hydrogen (secondary N) is 1. The van der Waals surface area contributed by atoms with Crippen LogP contribution in [0.4, 0.5) is 5.95 Å². The first kappa shape index (κ1) is 35.7. The van der Waals surface area contributed by atoms with E-state index in [0.29, 0.717) is 23.6 Å². The van der Waals surface area contributed by atoms with Gasteiger partial charge >= 0.3 is 0 Å². The number of nitrogens with zero attached hydrogens (tertiary/aromatic N) is 4. The summed E-state index contributed by atoms with van der Waals surface area (Å²) in [7, 11) is -4.25. The molecule has 2 amide bonds. The Morgan fingerprint density at radius 3 is 2.31 bits per heavy atom.